The van der Waals surface area contributed by atoms with Crippen LogP contribution in [0.5, 0.6) is 0 Å². The molecule has 27 heavy (non-hydrogen) atoms. The molecule has 0 radical (unpaired) electrons. The number of ether oxygens (including phenoxy) is 1. The monoisotopic (exact) mass is 368 g/mol. The van der Waals surface area contributed by atoms with Crippen molar-refractivity contribution < 1.29 is 23.5 Å². The molecule has 0 aromatic heterocycles. The standard InChI is InChI=1S/C20H17FN2O4/c1-27-20(26)17-15-14(16(22-17)11-7-3-2-4-8-11)18(24)23(19(15)25)13-10-6-5-9-12(13)21/h2-10,14-17,22H,1H3/t14-,15+,16-,17-/m1/s1. The van der Waals surface area contributed by atoms with Gasteiger partial charge in [0.25, 0.3) is 0 Å². The van der Waals surface area contributed by atoms with Gasteiger partial charge in [0.2, 0.25) is 11.8 Å². The third-order valence-electron chi connectivity index (χ3n) is 5.18. The molecule has 6 nitrogen and oxygen atoms in total. The molecule has 2 heterocycles. The van der Waals surface area contributed by atoms with Gasteiger partial charge < -0.3 is 4.74 Å². The lowest BCUT2D eigenvalue weighted by Gasteiger charge is -2.22. The largest absolute Gasteiger partial charge is 0.468 e. The van der Waals surface area contributed by atoms with Gasteiger partial charge >= 0.3 is 5.97 Å². The van der Waals surface area contributed by atoms with Gasteiger partial charge in [-0.15, -0.1) is 0 Å². The summed E-state index contributed by atoms with van der Waals surface area (Å²) in [5.74, 6) is -4.18. The third-order valence-corrected chi connectivity index (χ3v) is 5.18. The van der Waals surface area contributed by atoms with Crippen molar-refractivity contribution in [3.05, 3.63) is 66.0 Å². The third kappa shape index (κ3) is 2.62. The van der Waals surface area contributed by atoms with E-state index in [4.69, 9.17) is 4.74 Å². The fraction of sp³-hybridized carbons (Fsp3) is 0.250. The summed E-state index contributed by atoms with van der Waals surface area (Å²) in [6.07, 6.45) is 0. The summed E-state index contributed by atoms with van der Waals surface area (Å²) in [5.41, 5.74) is 0.674. The summed E-state index contributed by atoms with van der Waals surface area (Å²) in [7, 11) is 1.23. The first-order valence-corrected chi connectivity index (χ1v) is 8.55. The molecule has 0 spiro atoms. The predicted molar refractivity (Wildman–Crippen MR) is 94.0 cm³/mol. The van der Waals surface area contributed by atoms with Gasteiger partial charge in [-0.25, -0.2) is 9.29 Å². The van der Waals surface area contributed by atoms with Gasteiger partial charge in [0.05, 0.1) is 24.6 Å². The van der Waals surface area contributed by atoms with Crippen LogP contribution in [0.3, 0.4) is 0 Å². The topological polar surface area (TPSA) is 75.7 Å². The number of esters is 1. The van der Waals surface area contributed by atoms with Gasteiger partial charge in [0.1, 0.15) is 11.9 Å². The Balaban J connectivity index is 1.80. The second-order valence-corrected chi connectivity index (χ2v) is 6.57. The summed E-state index contributed by atoms with van der Waals surface area (Å²) in [4.78, 5) is 39.3. The van der Waals surface area contributed by atoms with Gasteiger partial charge in [-0.1, -0.05) is 42.5 Å². The summed E-state index contributed by atoms with van der Waals surface area (Å²) < 4.78 is 19.1. The first-order valence-electron chi connectivity index (χ1n) is 8.55. The van der Waals surface area contributed by atoms with Crippen molar-refractivity contribution in [3.8, 4) is 0 Å². The smallest absolute Gasteiger partial charge is 0.323 e. The summed E-state index contributed by atoms with van der Waals surface area (Å²) in [5, 5.41) is 3.07. The number of nitrogens with zero attached hydrogens (tertiary/aromatic N) is 1. The van der Waals surface area contributed by atoms with Gasteiger partial charge in [-0.3, -0.25) is 19.7 Å². The van der Waals surface area contributed by atoms with E-state index in [2.05, 4.69) is 5.32 Å². The van der Waals surface area contributed by atoms with Crippen LogP contribution in [-0.4, -0.2) is 30.9 Å². The molecule has 2 aromatic rings. The van der Waals surface area contributed by atoms with E-state index in [0.717, 1.165) is 10.5 Å². The van der Waals surface area contributed by atoms with Gasteiger partial charge in [-0.05, 0) is 17.7 Å². The molecule has 2 aliphatic rings. The molecule has 2 saturated heterocycles. The molecule has 2 aliphatic heterocycles. The maximum atomic E-state index is 14.3. The Labute approximate surface area is 154 Å². The number of nitrogens with one attached hydrogen (secondary N) is 1. The van der Waals surface area contributed by atoms with Crippen molar-refractivity contribution in [2.24, 2.45) is 11.8 Å². The first kappa shape index (κ1) is 17.4. The Morgan fingerprint density at radius 3 is 2.30 bits per heavy atom. The molecule has 4 rings (SSSR count). The summed E-state index contributed by atoms with van der Waals surface area (Å²) in [6.45, 7) is 0. The number of carbonyl (C=O) groups is 3. The fourth-order valence-corrected chi connectivity index (χ4v) is 3.99. The van der Waals surface area contributed by atoms with Crippen molar-refractivity contribution >= 4 is 23.5 Å². The number of hydrogen-bond acceptors (Lipinski definition) is 5. The molecule has 2 fully saturated rings. The maximum absolute atomic E-state index is 14.3. The average Bonchev–Trinajstić information content (AvgIpc) is 3.20. The minimum atomic E-state index is -0.974. The zero-order valence-electron chi connectivity index (χ0n) is 14.5. The van der Waals surface area contributed by atoms with Crippen molar-refractivity contribution in [1.82, 2.24) is 5.32 Å². The Morgan fingerprint density at radius 2 is 1.63 bits per heavy atom. The van der Waals surface area contributed by atoms with Crippen LogP contribution in [0, 0.1) is 17.7 Å². The van der Waals surface area contributed by atoms with Crippen LogP contribution < -0.4 is 10.2 Å². The minimum absolute atomic E-state index is 0.0997. The van der Waals surface area contributed by atoms with E-state index in [1.807, 2.05) is 30.3 Å². The zero-order valence-corrected chi connectivity index (χ0v) is 14.5. The van der Waals surface area contributed by atoms with Crippen molar-refractivity contribution in [2.45, 2.75) is 12.1 Å². The number of anilines is 1. The van der Waals surface area contributed by atoms with Crippen LogP contribution in [-0.2, 0) is 19.1 Å². The summed E-state index contributed by atoms with van der Waals surface area (Å²) in [6, 6.07) is 13.2. The Bertz CT molecular complexity index is 917. The highest BCUT2D eigenvalue weighted by molar-refractivity contribution is 6.23. The Kier molecular flexibility index (Phi) is 4.24. The number of carbonyl (C=O) groups excluding carboxylic acids is 3. The zero-order chi connectivity index (χ0) is 19.1. The molecule has 0 unspecified atom stereocenters. The highest BCUT2D eigenvalue weighted by Crippen LogP contribution is 2.45. The second kappa shape index (κ2) is 6.59. The number of benzene rings is 2. The number of rotatable bonds is 3. The summed E-state index contributed by atoms with van der Waals surface area (Å²) >= 11 is 0. The second-order valence-electron chi connectivity index (χ2n) is 6.57. The van der Waals surface area contributed by atoms with Gasteiger partial charge in [-0.2, -0.15) is 0 Å². The molecule has 2 aromatic carbocycles. The van der Waals surface area contributed by atoms with Crippen molar-refractivity contribution in [2.75, 3.05) is 12.0 Å². The molecular formula is C20H17FN2O4. The first-order chi connectivity index (χ1) is 13.0. The lowest BCUT2D eigenvalue weighted by Crippen LogP contribution is -2.44. The van der Waals surface area contributed by atoms with E-state index < -0.39 is 47.5 Å². The minimum Gasteiger partial charge on any atom is -0.468 e. The highest BCUT2D eigenvalue weighted by atomic mass is 19.1. The van der Waals surface area contributed by atoms with Crippen LogP contribution in [0.2, 0.25) is 0 Å². The van der Waals surface area contributed by atoms with E-state index in [-0.39, 0.29) is 5.69 Å². The maximum Gasteiger partial charge on any atom is 0.323 e. The van der Waals surface area contributed by atoms with E-state index in [1.165, 1.54) is 25.3 Å². The van der Waals surface area contributed by atoms with Gasteiger partial charge in [0, 0.05) is 6.04 Å². The lowest BCUT2D eigenvalue weighted by molar-refractivity contribution is -0.145. The van der Waals surface area contributed by atoms with Crippen molar-refractivity contribution in [1.29, 1.82) is 0 Å². The van der Waals surface area contributed by atoms with Crippen LogP contribution >= 0.6 is 0 Å². The Morgan fingerprint density at radius 1 is 1.00 bits per heavy atom. The number of para-hydroxylation sites is 1. The molecule has 7 heteroatoms. The lowest BCUT2D eigenvalue weighted by atomic mass is 9.86. The predicted octanol–water partition coefficient (Wildman–Crippen LogP) is 1.82. The van der Waals surface area contributed by atoms with Gasteiger partial charge in [0.15, 0.2) is 0 Å². The number of fused-ring (bicyclic) bond motifs is 1. The van der Waals surface area contributed by atoms with Crippen LogP contribution in [0.4, 0.5) is 10.1 Å². The van der Waals surface area contributed by atoms with Crippen LogP contribution in [0.25, 0.3) is 0 Å². The quantitative estimate of drug-likeness (QED) is 0.661. The van der Waals surface area contributed by atoms with E-state index >= 15 is 0 Å². The van der Waals surface area contributed by atoms with Crippen LogP contribution in [0.1, 0.15) is 11.6 Å². The number of imide groups is 1. The van der Waals surface area contributed by atoms with E-state index in [9.17, 15) is 18.8 Å². The molecular weight excluding hydrogens is 351 g/mol. The molecule has 0 saturated carbocycles. The average molecular weight is 368 g/mol. The van der Waals surface area contributed by atoms with E-state index in [0.29, 0.717) is 0 Å². The molecule has 2 amide bonds. The normalized spacial score (nSPS) is 27.0. The molecule has 138 valence electrons. The number of hydrogen-bond donors (Lipinski definition) is 1. The molecule has 1 N–H and O–H groups in total. The molecule has 0 aliphatic carbocycles. The fourth-order valence-electron chi connectivity index (χ4n) is 3.99. The molecule has 0 bridgehead atoms. The number of methoxy groups -OCH3 is 1. The highest BCUT2D eigenvalue weighted by Gasteiger charge is 2.61. The molecule has 4 atom stereocenters. The Hall–Kier alpha value is -3.06. The van der Waals surface area contributed by atoms with Crippen molar-refractivity contribution in [3.63, 3.8) is 0 Å². The number of amides is 2. The van der Waals surface area contributed by atoms with E-state index in [1.54, 1.807) is 6.07 Å². The van der Waals surface area contributed by atoms with Crippen LogP contribution in [0.15, 0.2) is 54.6 Å². The number of halogens is 1. The SMILES string of the molecule is COC(=O)[C@@H]1N[C@H](c2ccccc2)[C@@H]2C(=O)N(c3ccccc3F)C(=O)[C@@H]21.